The highest BCUT2D eigenvalue weighted by Crippen LogP contribution is 2.37. The third-order valence-corrected chi connectivity index (χ3v) is 3.18. The molecule has 2 rings (SSSR count). The van der Waals surface area contributed by atoms with Crippen LogP contribution in [0.4, 0.5) is 13.2 Å². The first-order valence-corrected chi connectivity index (χ1v) is 5.58. The molecule has 17 heavy (non-hydrogen) atoms. The molecular formula is C10H9F3N2OS. The molecule has 2 heterocycles. The van der Waals surface area contributed by atoms with Crippen LogP contribution in [-0.4, -0.2) is 12.0 Å². The van der Waals surface area contributed by atoms with Crippen molar-refractivity contribution in [3.8, 4) is 10.6 Å². The normalized spacial score (nSPS) is 12.0. The smallest absolute Gasteiger partial charge is 0.434 e. The molecule has 0 radical (unpaired) electrons. The minimum absolute atomic E-state index is 0.143. The van der Waals surface area contributed by atoms with Crippen molar-refractivity contribution in [2.75, 3.05) is 7.05 Å². The van der Waals surface area contributed by atoms with Gasteiger partial charge in [-0.1, -0.05) is 0 Å². The van der Waals surface area contributed by atoms with E-state index in [9.17, 15) is 13.2 Å². The van der Waals surface area contributed by atoms with Crippen molar-refractivity contribution in [1.82, 2.24) is 10.3 Å². The number of rotatable bonds is 3. The van der Waals surface area contributed by atoms with E-state index in [0.717, 1.165) is 11.3 Å². The molecule has 0 saturated heterocycles. The van der Waals surface area contributed by atoms with Gasteiger partial charge in [-0.05, 0) is 13.1 Å². The van der Waals surface area contributed by atoms with Gasteiger partial charge in [0.1, 0.15) is 11.3 Å². The van der Waals surface area contributed by atoms with E-state index in [-0.39, 0.29) is 11.4 Å². The Labute approximate surface area is 99.3 Å². The molecule has 2 aromatic heterocycles. The standard InChI is InChI=1S/C10H9F3N2OS/c1-14-4-7-8(10(11,12)13)15-9(17-7)6-2-3-16-5-6/h2-3,5,14H,4H2,1H3. The van der Waals surface area contributed by atoms with E-state index in [2.05, 4.69) is 10.3 Å². The van der Waals surface area contributed by atoms with Gasteiger partial charge in [0.15, 0.2) is 5.69 Å². The summed E-state index contributed by atoms with van der Waals surface area (Å²) in [6, 6.07) is 1.59. The zero-order valence-electron chi connectivity index (χ0n) is 8.84. The molecule has 0 bridgehead atoms. The fourth-order valence-corrected chi connectivity index (χ4v) is 2.44. The van der Waals surface area contributed by atoms with Gasteiger partial charge in [-0.2, -0.15) is 13.2 Å². The van der Waals surface area contributed by atoms with Crippen molar-refractivity contribution in [2.24, 2.45) is 0 Å². The highest BCUT2D eigenvalue weighted by Gasteiger charge is 2.37. The second-order valence-electron chi connectivity index (χ2n) is 3.33. The number of alkyl halides is 3. The van der Waals surface area contributed by atoms with E-state index in [0.29, 0.717) is 10.6 Å². The van der Waals surface area contributed by atoms with Crippen LogP contribution >= 0.6 is 11.3 Å². The van der Waals surface area contributed by atoms with Gasteiger partial charge < -0.3 is 9.73 Å². The monoisotopic (exact) mass is 262 g/mol. The van der Waals surface area contributed by atoms with Gasteiger partial charge in [-0.3, -0.25) is 0 Å². The summed E-state index contributed by atoms with van der Waals surface area (Å²) >= 11 is 1.02. The van der Waals surface area contributed by atoms with Crippen LogP contribution in [0.25, 0.3) is 10.6 Å². The van der Waals surface area contributed by atoms with Crippen LogP contribution in [0, 0.1) is 0 Å². The van der Waals surface area contributed by atoms with Crippen molar-refractivity contribution >= 4 is 11.3 Å². The number of furan rings is 1. The maximum absolute atomic E-state index is 12.7. The highest BCUT2D eigenvalue weighted by molar-refractivity contribution is 7.15. The number of hydrogen-bond donors (Lipinski definition) is 1. The van der Waals surface area contributed by atoms with E-state index in [1.54, 1.807) is 13.1 Å². The SMILES string of the molecule is CNCc1sc(-c2ccoc2)nc1C(F)(F)F. The molecule has 92 valence electrons. The van der Waals surface area contributed by atoms with Crippen LogP contribution in [0.3, 0.4) is 0 Å². The van der Waals surface area contributed by atoms with E-state index in [4.69, 9.17) is 4.42 Å². The molecule has 7 heteroatoms. The van der Waals surface area contributed by atoms with Crippen LogP contribution in [-0.2, 0) is 12.7 Å². The molecule has 3 nitrogen and oxygen atoms in total. The lowest BCUT2D eigenvalue weighted by molar-refractivity contribution is -0.141. The molecule has 2 aromatic rings. The first kappa shape index (κ1) is 12.1. The van der Waals surface area contributed by atoms with Crippen LogP contribution in [0.1, 0.15) is 10.6 Å². The average molecular weight is 262 g/mol. The lowest BCUT2D eigenvalue weighted by atomic mass is 10.3. The molecular weight excluding hydrogens is 253 g/mol. The van der Waals surface area contributed by atoms with Crippen molar-refractivity contribution in [3.63, 3.8) is 0 Å². The molecule has 0 aliphatic carbocycles. The van der Waals surface area contributed by atoms with Crippen LogP contribution in [0.15, 0.2) is 23.0 Å². The Kier molecular flexibility index (Phi) is 3.21. The van der Waals surface area contributed by atoms with Crippen LogP contribution in [0.5, 0.6) is 0 Å². The predicted octanol–water partition coefficient (Wildman–Crippen LogP) is 3.14. The molecule has 0 atom stereocenters. The van der Waals surface area contributed by atoms with Gasteiger partial charge in [0, 0.05) is 12.1 Å². The summed E-state index contributed by atoms with van der Waals surface area (Å²) in [5.74, 6) is 0. The van der Waals surface area contributed by atoms with Crippen molar-refractivity contribution in [2.45, 2.75) is 12.7 Å². The third-order valence-electron chi connectivity index (χ3n) is 2.07. The van der Waals surface area contributed by atoms with E-state index in [1.807, 2.05) is 0 Å². The van der Waals surface area contributed by atoms with Crippen molar-refractivity contribution in [1.29, 1.82) is 0 Å². The summed E-state index contributed by atoms with van der Waals surface area (Å²) in [5.41, 5.74) is -0.268. The molecule has 1 N–H and O–H groups in total. The Bertz CT molecular complexity index is 490. The molecule has 0 fully saturated rings. The first-order chi connectivity index (χ1) is 8.02. The van der Waals surface area contributed by atoms with Gasteiger partial charge in [0.2, 0.25) is 0 Å². The van der Waals surface area contributed by atoms with Gasteiger partial charge >= 0.3 is 6.18 Å². The Morgan fingerprint density at radius 3 is 2.76 bits per heavy atom. The number of aromatic nitrogens is 1. The van der Waals surface area contributed by atoms with Gasteiger partial charge in [0.05, 0.1) is 11.1 Å². The summed E-state index contributed by atoms with van der Waals surface area (Å²) in [5, 5.41) is 3.02. The lowest BCUT2D eigenvalue weighted by Gasteiger charge is -2.04. The molecule has 0 aliphatic rings. The number of nitrogens with one attached hydrogen (secondary N) is 1. The Balaban J connectivity index is 2.45. The van der Waals surface area contributed by atoms with Gasteiger partial charge in [-0.15, -0.1) is 11.3 Å². The van der Waals surface area contributed by atoms with E-state index >= 15 is 0 Å². The maximum atomic E-state index is 12.7. The highest BCUT2D eigenvalue weighted by atomic mass is 32.1. The maximum Gasteiger partial charge on any atom is 0.434 e. The first-order valence-electron chi connectivity index (χ1n) is 4.76. The minimum atomic E-state index is -4.43. The number of nitrogens with zero attached hydrogens (tertiary/aromatic N) is 1. The molecule has 0 aromatic carbocycles. The number of thiazole rings is 1. The lowest BCUT2D eigenvalue weighted by Crippen LogP contribution is -2.12. The summed E-state index contributed by atoms with van der Waals surface area (Å²) in [6.45, 7) is 0.143. The summed E-state index contributed by atoms with van der Waals surface area (Å²) in [4.78, 5) is 3.81. The Morgan fingerprint density at radius 2 is 2.24 bits per heavy atom. The fraction of sp³-hybridized carbons (Fsp3) is 0.300. The second-order valence-corrected chi connectivity index (χ2v) is 4.41. The predicted molar refractivity (Wildman–Crippen MR) is 57.6 cm³/mol. The quantitative estimate of drug-likeness (QED) is 0.923. The third kappa shape index (κ3) is 2.50. The second kappa shape index (κ2) is 4.50. The van der Waals surface area contributed by atoms with E-state index in [1.165, 1.54) is 12.5 Å². The summed E-state index contributed by atoms with van der Waals surface area (Å²) < 4.78 is 43.0. The van der Waals surface area contributed by atoms with E-state index < -0.39 is 11.9 Å². The number of hydrogen-bond acceptors (Lipinski definition) is 4. The van der Waals surface area contributed by atoms with Crippen LogP contribution in [0.2, 0.25) is 0 Å². The molecule has 0 spiro atoms. The molecule has 0 amide bonds. The Morgan fingerprint density at radius 1 is 1.47 bits per heavy atom. The zero-order chi connectivity index (χ0) is 12.5. The Hall–Kier alpha value is -1.34. The molecule has 0 aliphatic heterocycles. The van der Waals surface area contributed by atoms with Gasteiger partial charge in [-0.25, -0.2) is 4.98 Å². The van der Waals surface area contributed by atoms with Crippen molar-refractivity contribution < 1.29 is 17.6 Å². The largest absolute Gasteiger partial charge is 0.472 e. The average Bonchev–Trinajstić information content (AvgIpc) is 2.82. The summed E-state index contributed by atoms with van der Waals surface area (Å²) in [7, 11) is 1.59. The molecule has 0 saturated carbocycles. The molecule has 0 unspecified atom stereocenters. The minimum Gasteiger partial charge on any atom is -0.472 e. The van der Waals surface area contributed by atoms with Crippen molar-refractivity contribution in [3.05, 3.63) is 29.2 Å². The van der Waals surface area contributed by atoms with Gasteiger partial charge in [0.25, 0.3) is 0 Å². The zero-order valence-corrected chi connectivity index (χ0v) is 9.65. The van der Waals surface area contributed by atoms with Crippen LogP contribution < -0.4 is 5.32 Å². The topological polar surface area (TPSA) is 38.1 Å². The fourth-order valence-electron chi connectivity index (χ4n) is 1.36. The number of halogens is 3. The summed E-state index contributed by atoms with van der Waals surface area (Å²) in [6.07, 6.45) is -1.64.